The highest BCUT2D eigenvalue weighted by Crippen LogP contribution is 2.25. The van der Waals surface area contributed by atoms with Gasteiger partial charge in [-0.25, -0.2) is 4.98 Å². The summed E-state index contributed by atoms with van der Waals surface area (Å²) >= 11 is 12.4. The molecule has 0 aliphatic heterocycles. The van der Waals surface area contributed by atoms with Crippen molar-refractivity contribution in [2.75, 3.05) is 10.6 Å². The Labute approximate surface area is 178 Å². The van der Waals surface area contributed by atoms with E-state index in [1.807, 2.05) is 13.8 Å². The highest BCUT2D eigenvalue weighted by molar-refractivity contribution is 6.36. The second kappa shape index (κ2) is 9.58. The third-order valence-corrected chi connectivity index (χ3v) is 4.52. The molecule has 0 saturated carbocycles. The van der Waals surface area contributed by atoms with Crippen LogP contribution >= 0.6 is 23.2 Å². The molecule has 2 heterocycles. The first-order valence-corrected chi connectivity index (χ1v) is 9.75. The highest BCUT2D eigenvalue weighted by Gasteiger charge is 2.08. The number of amides is 1. The van der Waals surface area contributed by atoms with Crippen molar-refractivity contribution in [2.24, 2.45) is 0 Å². The second-order valence-electron chi connectivity index (χ2n) is 6.59. The fourth-order valence-corrected chi connectivity index (χ4v) is 3.09. The zero-order valence-electron chi connectivity index (χ0n) is 16.0. The molecular formula is C19H21Cl2N7O. The lowest BCUT2D eigenvalue weighted by atomic mass is 10.2. The second-order valence-corrected chi connectivity index (χ2v) is 7.41. The van der Waals surface area contributed by atoms with E-state index in [9.17, 15) is 4.79 Å². The maximum atomic E-state index is 11.8. The molecular weight excluding hydrogens is 413 g/mol. The van der Waals surface area contributed by atoms with Gasteiger partial charge in [0.25, 0.3) is 0 Å². The predicted octanol–water partition coefficient (Wildman–Crippen LogP) is 3.86. The van der Waals surface area contributed by atoms with Gasteiger partial charge in [0, 0.05) is 40.6 Å². The molecule has 0 unspecified atom stereocenters. The molecule has 3 aromatic rings. The first-order chi connectivity index (χ1) is 13.9. The molecule has 29 heavy (non-hydrogen) atoms. The van der Waals surface area contributed by atoms with Crippen molar-refractivity contribution in [1.29, 1.82) is 0 Å². The topological polar surface area (TPSA) is 96.8 Å². The summed E-state index contributed by atoms with van der Waals surface area (Å²) < 4.78 is 1.54. The molecule has 3 rings (SSSR count). The van der Waals surface area contributed by atoms with Crippen LogP contribution in [-0.2, 0) is 17.9 Å². The van der Waals surface area contributed by atoms with Gasteiger partial charge < -0.3 is 16.0 Å². The van der Waals surface area contributed by atoms with Crippen molar-refractivity contribution in [3.05, 3.63) is 58.5 Å². The van der Waals surface area contributed by atoms with Gasteiger partial charge in [-0.2, -0.15) is 10.1 Å². The number of aromatic nitrogens is 4. The van der Waals surface area contributed by atoms with E-state index in [1.165, 1.54) is 0 Å². The number of halogens is 2. The lowest BCUT2D eigenvalue weighted by Crippen LogP contribution is -2.33. The molecule has 3 N–H and O–H groups in total. The Balaban J connectivity index is 1.61. The third-order valence-electron chi connectivity index (χ3n) is 3.81. The number of hydrogen-bond donors (Lipinski definition) is 3. The average Bonchev–Trinajstić information content (AvgIpc) is 3.07. The highest BCUT2D eigenvalue weighted by atomic mass is 35.5. The van der Waals surface area contributed by atoms with Crippen LogP contribution in [0.3, 0.4) is 0 Å². The molecule has 10 heteroatoms. The van der Waals surface area contributed by atoms with Crippen molar-refractivity contribution in [1.82, 2.24) is 25.1 Å². The van der Waals surface area contributed by atoms with Gasteiger partial charge in [0.1, 0.15) is 12.4 Å². The van der Waals surface area contributed by atoms with E-state index >= 15 is 0 Å². The van der Waals surface area contributed by atoms with Crippen molar-refractivity contribution in [3.63, 3.8) is 0 Å². The van der Waals surface area contributed by atoms with Gasteiger partial charge in [0.05, 0.1) is 11.9 Å². The number of carbonyl (C=O) groups is 1. The van der Waals surface area contributed by atoms with E-state index < -0.39 is 0 Å². The number of carbonyl (C=O) groups excluding carboxylic acids is 1. The lowest BCUT2D eigenvalue weighted by molar-refractivity contribution is -0.122. The van der Waals surface area contributed by atoms with Crippen molar-refractivity contribution in [2.45, 2.75) is 33.0 Å². The summed E-state index contributed by atoms with van der Waals surface area (Å²) in [7, 11) is 0. The van der Waals surface area contributed by atoms with Crippen molar-refractivity contribution >= 4 is 46.6 Å². The van der Waals surface area contributed by atoms with E-state index in [4.69, 9.17) is 23.2 Å². The molecule has 0 bridgehead atoms. The minimum atomic E-state index is -0.102. The summed E-state index contributed by atoms with van der Waals surface area (Å²) in [6.45, 7) is 4.39. The number of hydrogen-bond acceptors (Lipinski definition) is 6. The summed E-state index contributed by atoms with van der Waals surface area (Å²) in [4.78, 5) is 20.4. The van der Waals surface area contributed by atoms with E-state index in [0.29, 0.717) is 34.0 Å². The number of anilines is 3. The Bertz CT molecular complexity index is 970. The van der Waals surface area contributed by atoms with Gasteiger partial charge in [-0.1, -0.05) is 29.3 Å². The first kappa shape index (κ1) is 20.9. The van der Waals surface area contributed by atoms with Crippen molar-refractivity contribution < 1.29 is 4.79 Å². The van der Waals surface area contributed by atoms with Crippen LogP contribution in [0.1, 0.15) is 19.4 Å². The van der Waals surface area contributed by atoms with E-state index in [-0.39, 0.29) is 18.5 Å². The van der Waals surface area contributed by atoms with Crippen LogP contribution in [0.5, 0.6) is 0 Å². The predicted molar refractivity (Wildman–Crippen MR) is 115 cm³/mol. The molecule has 0 saturated heterocycles. The van der Waals surface area contributed by atoms with E-state index in [1.54, 1.807) is 47.5 Å². The normalized spacial score (nSPS) is 10.8. The van der Waals surface area contributed by atoms with Crippen LogP contribution in [0, 0.1) is 0 Å². The molecule has 1 aromatic carbocycles. The Kier molecular flexibility index (Phi) is 6.90. The quantitative estimate of drug-likeness (QED) is 0.498. The molecule has 8 nitrogen and oxygen atoms in total. The summed E-state index contributed by atoms with van der Waals surface area (Å²) in [5.41, 5.74) is 1.47. The Morgan fingerprint density at radius 1 is 1.21 bits per heavy atom. The number of nitrogens with zero attached hydrogens (tertiary/aromatic N) is 4. The van der Waals surface area contributed by atoms with Crippen LogP contribution < -0.4 is 16.0 Å². The Hall–Kier alpha value is -2.84. The number of nitrogens with one attached hydrogen (secondary N) is 3. The lowest BCUT2D eigenvalue weighted by Gasteiger charge is -2.10. The maximum Gasteiger partial charge on any atom is 0.241 e. The number of benzene rings is 1. The fourth-order valence-electron chi connectivity index (χ4n) is 2.56. The molecule has 0 aliphatic carbocycles. The van der Waals surface area contributed by atoms with Gasteiger partial charge in [-0.15, -0.1) is 0 Å². The first-order valence-electron chi connectivity index (χ1n) is 8.99. The summed E-state index contributed by atoms with van der Waals surface area (Å²) in [6.07, 6.45) is 4.95. The summed E-state index contributed by atoms with van der Waals surface area (Å²) in [5, 5.41) is 14.4. The van der Waals surface area contributed by atoms with Gasteiger partial charge in [0.2, 0.25) is 11.9 Å². The van der Waals surface area contributed by atoms with Gasteiger partial charge in [-0.05, 0) is 32.0 Å². The van der Waals surface area contributed by atoms with Crippen LogP contribution in [-0.4, -0.2) is 31.7 Å². The van der Waals surface area contributed by atoms with Gasteiger partial charge >= 0.3 is 0 Å². The summed E-state index contributed by atoms with van der Waals surface area (Å²) in [5.74, 6) is 0.906. The monoisotopic (exact) mass is 433 g/mol. The minimum Gasteiger partial charge on any atom is -0.366 e. The maximum absolute atomic E-state index is 11.8. The largest absolute Gasteiger partial charge is 0.366 e. The molecule has 152 valence electrons. The van der Waals surface area contributed by atoms with Crippen LogP contribution in [0.15, 0.2) is 42.9 Å². The van der Waals surface area contributed by atoms with Gasteiger partial charge in [0.15, 0.2) is 0 Å². The average molecular weight is 434 g/mol. The molecule has 1 amide bonds. The van der Waals surface area contributed by atoms with Crippen molar-refractivity contribution in [3.8, 4) is 0 Å². The Morgan fingerprint density at radius 3 is 2.69 bits per heavy atom. The van der Waals surface area contributed by atoms with E-state index in [2.05, 4.69) is 31.0 Å². The van der Waals surface area contributed by atoms with Crippen LogP contribution in [0.25, 0.3) is 0 Å². The summed E-state index contributed by atoms with van der Waals surface area (Å²) in [6, 6.07) is 7.20. The zero-order chi connectivity index (χ0) is 20.8. The zero-order valence-corrected chi connectivity index (χ0v) is 17.5. The smallest absolute Gasteiger partial charge is 0.241 e. The fraction of sp³-hybridized carbons (Fsp3) is 0.263. The third kappa shape index (κ3) is 6.07. The molecule has 0 fully saturated rings. The number of rotatable bonds is 8. The minimum absolute atomic E-state index is 0.0833. The molecule has 0 atom stereocenters. The molecule has 0 radical (unpaired) electrons. The molecule has 2 aromatic heterocycles. The molecule has 0 spiro atoms. The van der Waals surface area contributed by atoms with Crippen LogP contribution in [0.2, 0.25) is 10.0 Å². The molecule has 0 aliphatic rings. The standard InChI is InChI=1S/C19H21Cl2N7O/c1-12(2)25-18(29)11-28-10-13(8-24-28)26-19-22-7-6-17(27-19)23-9-14-15(20)4-3-5-16(14)21/h3-8,10,12H,9,11H2,1-2H3,(H,25,29)(H2,22,23,26,27). The van der Waals surface area contributed by atoms with E-state index in [0.717, 1.165) is 5.56 Å². The van der Waals surface area contributed by atoms with Crippen LogP contribution in [0.4, 0.5) is 17.5 Å². The SMILES string of the molecule is CC(C)NC(=O)Cn1cc(Nc2nccc(NCc3c(Cl)cccc3Cl)n2)cn1. The van der Waals surface area contributed by atoms with Gasteiger partial charge in [-0.3, -0.25) is 9.48 Å². The Morgan fingerprint density at radius 2 is 1.97 bits per heavy atom.